The average molecular weight is 449 g/mol. The van der Waals surface area contributed by atoms with Crippen molar-refractivity contribution in [3.05, 3.63) is 95.0 Å². The number of carbonyl (C=O) groups excluding carboxylic acids is 1. The molecule has 0 aliphatic heterocycles. The molecule has 0 fully saturated rings. The van der Waals surface area contributed by atoms with E-state index in [9.17, 15) is 4.79 Å². The zero-order valence-corrected chi connectivity index (χ0v) is 18.5. The number of amides is 1. The van der Waals surface area contributed by atoms with Gasteiger partial charge in [-0.1, -0.05) is 71.4 Å². The van der Waals surface area contributed by atoms with Crippen LogP contribution in [0.3, 0.4) is 0 Å². The third-order valence-electron chi connectivity index (χ3n) is 4.69. The molecular weight excluding hydrogens is 428 g/mol. The normalized spacial score (nSPS) is 10.8. The summed E-state index contributed by atoms with van der Waals surface area (Å²) in [7, 11) is 0. The molecule has 3 aromatic carbocycles. The van der Waals surface area contributed by atoms with Crippen molar-refractivity contribution in [2.75, 3.05) is 5.75 Å². The van der Waals surface area contributed by atoms with Crippen molar-refractivity contribution < 1.29 is 4.79 Å². The lowest BCUT2D eigenvalue weighted by Crippen LogP contribution is -2.24. The van der Waals surface area contributed by atoms with Crippen molar-refractivity contribution in [1.82, 2.24) is 20.1 Å². The number of rotatable bonds is 7. The molecule has 0 saturated carbocycles. The Hall–Kier alpha value is -3.09. The van der Waals surface area contributed by atoms with Gasteiger partial charge in [0.2, 0.25) is 5.91 Å². The van der Waals surface area contributed by atoms with E-state index in [1.807, 2.05) is 90.4 Å². The van der Waals surface area contributed by atoms with E-state index >= 15 is 0 Å². The topological polar surface area (TPSA) is 59.8 Å². The van der Waals surface area contributed by atoms with E-state index < -0.39 is 0 Å². The number of halogens is 1. The van der Waals surface area contributed by atoms with Crippen LogP contribution in [0.15, 0.2) is 84.0 Å². The molecule has 5 nitrogen and oxygen atoms in total. The fourth-order valence-electron chi connectivity index (χ4n) is 3.05. The minimum absolute atomic E-state index is 0.0544. The third kappa shape index (κ3) is 5.34. The first-order chi connectivity index (χ1) is 15.1. The summed E-state index contributed by atoms with van der Waals surface area (Å²) in [4.78, 5) is 12.4. The van der Waals surface area contributed by atoms with E-state index in [0.29, 0.717) is 22.5 Å². The van der Waals surface area contributed by atoms with Gasteiger partial charge < -0.3 is 5.32 Å². The summed E-state index contributed by atoms with van der Waals surface area (Å²) in [5, 5.41) is 13.0. The molecular formula is C24H21ClN4OS. The van der Waals surface area contributed by atoms with Gasteiger partial charge in [0.05, 0.1) is 5.75 Å². The van der Waals surface area contributed by atoms with Gasteiger partial charge in [0.15, 0.2) is 11.0 Å². The molecule has 156 valence electrons. The van der Waals surface area contributed by atoms with Crippen LogP contribution >= 0.6 is 23.4 Å². The number of hydrogen-bond acceptors (Lipinski definition) is 4. The largest absolute Gasteiger partial charge is 0.351 e. The molecule has 0 unspecified atom stereocenters. The zero-order chi connectivity index (χ0) is 21.6. The summed E-state index contributed by atoms with van der Waals surface area (Å²) < 4.78 is 1.96. The molecule has 1 aromatic heterocycles. The smallest absolute Gasteiger partial charge is 0.230 e. The maximum absolute atomic E-state index is 12.4. The maximum Gasteiger partial charge on any atom is 0.230 e. The molecule has 1 amide bonds. The van der Waals surface area contributed by atoms with Crippen molar-refractivity contribution in [3.63, 3.8) is 0 Å². The van der Waals surface area contributed by atoms with Gasteiger partial charge in [-0.2, -0.15) is 0 Å². The van der Waals surface area contributed by atoms with E-state index in [0.717, 1.165) is 16.8 Å². The van der Waals surface area contributed by atoms with Crippen LogP contribution in [-0.4, -0.2) is 26.4 Å². The highest BCUT2D eigenvalue weighted by Gasteiger charge is 2.17. The number of para-hydroxylation sites is 1. The summed E-state index contributed by atoms with van der Waals surface area (Å²) >= 11 is 7.39. The third-order valence-corrected chi connectivity index (χ3v) is 5.87. The monoisotopic (exact) mass is 448 g/mol. The summed E-state index contributed by atoms with van der Waals surface area (Å²) in [5.74, 6) is 0.893. The second kappa shape index (κ2) is 9.81. The van der Waals surface area contributed by atoms with Gasteiger partial charge in [-0.3, -0.25) is 9.36 Å². The number of hydrogen-bond donors (Lipinski definition) is 1. The van der Waals surface area contributed by atoms with Crippen LogP contribution < -0.4 is 5.32 Å². The van der Waals surface area contributed by atoms with E-state index in [1.165, 1.54) is 17.3 Å². The minimum Gasteiger partial charge on any atom is -0.351 e. The van der Waals surface area contributed by atoms with Gasteiger partial charge in [0, 0.05) is 22.8 Å². The van der Waals surface area contributed by atoms with Crippen molar-refractivity contribution in [2.45, 2.75) is 18.6 Å². The van der Waals surface area contributed by atoms with Crippen LogP contribution in [0.2, 0.25) is 5.02 Å². The van der Waals surface area contributed by atoms with E-state index in [1.54, 1.807) is 0 Å². The summed E-state index contributed by atoms with van der Waals surface area (Å²) in [6, 6.07) is 25.5. The molecule has 0 aliphatic rings. The van der Waals surface area contributed by atoms with E-state index in [2.05, 4.69) is 15.5 Å². The standard InChI is InChI=1S/C24H21ClN4OS/c1-17-7-9-18(10-8-17)15-26-22(30)16-31-24-28-27-23(19-11-13-20(25)14-12-19)29(24)21-5-3-2-4-6-21/h2-14H,15-16H2,1H3,(H,26,30). The highest BCUT2D eigenvalue weighted by atomic mass is 35.5. The Labute approximate surface area is 190 Å². The number of benzene rings is 3. The number of aryl methyl sites for hydroxylation is 1. The molecule has 0 atom stereocenters. The number of thioether (sulfide) groups is 1. The molecule has 0 aliphatic carbocycles. The van der Waals surface area contributed by atoms with Gasteiger partial charge in [0.1, 0.15) is 0 Å². The van der Waals surface area contributed by atoms with E-state index in [4.69, 9.17) is 11.6 Å². The number of nitrogens with zero attached hydrogens (tertiary/aromatic N) is 3. The highest BCUT2D eigenvalue weighted by Crippen LogP contribution is 2.28. The van der Waals surface area contributed by atoms with Crippen molar-refractivity contribution in [3.8, 4) is 17.1 Å². The van der Waals surface area contributed by atoms with Crippen LogP contribution in [0.25, 0.3) is 17.1 Å². The molecule has 31 heavy (non-hydrogen) atoms. The first kappa shape index (κ1) is 21.2. The molecule has 4 rings (SSSR count). The quantitative estimate of drug-likeness (QED) is 0.389. The van der Waals surface area contributed by atoms with E-state index in [-0.39, 0.29) is 11.7 Å². The SMILES string of the molecule is Cc1ccc(CNC(=O)CSc2nnc(-c3ccc(Cl)cc3)n2-c2ccccc2)cc1. The number of aromatic nitrogens is 3. The summed E-state index contributed by atoms with van der Waals surface area (Å²) in [6.07, 6.45) is 0. The van der Waals surface area contributed by atoms with Crippen LogP contribution in [-0.2, 0) is 11.3 Å². The Bertz CT molecular complexity index is 1160. The molecule has 0 radical (unpaired) electrons. The van der Waals surface area contributed by atoms with Gasteiger partial charge in [-0.25, -0.2) is 0 Å². The van der Waals surface area contributed by atoms with Gasteiger partial charge in [0.25, 0.3) is 0 Å². The Balaban J connectivity index is 1.50. The highest BCUT2D eigenvalue weighted by molar-refractivity contribution is 7.99. The first-order valence-corrected chi connectivity index (χ1v) is 11.2. The van der Waals surface area contributed by atoms with Crippen molar-refractivity contribution >= 4 is 29.3 Å². The first-order valence-electron chi connectivity index (χ1n) is 9.82. The Morgan fingerprint density at radius 1 is 0.968 bits per heavy atom. The summed E-state index contributed by atoms with van der Waals surface area (Å²) in [6.45, 7) is 2.54. The zero-order valence-electron chi connectivity index (χ0n) is 17.0. The van der Waals surface area contributed by atoms with Crippen molar-refractivity contribution in [1.29, 1.82) is 0 Å². The lowest BCUT2D eigenvalue weighted by Gasteiger charge is -2.10. The Kier molecular flexibility index (Phi) is 6.70. The lowest BCUT2D eigenvalue weighted by molar-refractivity contribution is -0.118. The Morgan fingerprint density at radius 3 is 2.39 bits per heavy atom. The fourth-order valence-corrected chi connectivity index (χ4v) is 3.95. The predicted octanol–water partition coefficient (Wildman–Crippen LogP) is 5.30. The molecule has 1 heterocycles. The number of nitrogens with one attached hydrogen (secondary N) is 1. The molecule has 7 heteroatoms. The molecule has 4 aromatic rings. The Morgan fingerprint density at radius 2 is 1.68 bits per heavy atom. The second-order valence-corrected chi connectivity index (χ2v) is 8.41. The van der Waals surface area contributed by atoms with Crippen molar-refractivity contribution in [2.24, 2.45) is 0 Å². The maximum atomic E-state index is 12.4. The molecule has 0 saturated heterocycles. The second-order valence-electron chi connectivity index (χ2n) is 7.04. The fraction of sp³-hybridized carbons (Fsp3) is 0.125. The van der Waals surface area contributed by atoms with Gasteiger partial charge in [-0.05, 0) is 48.9 Å². The van der Waals surface area contributed by atoms with Gasteiger partial charge in [-0.15, -0.1) is 10.2 Å². The number of carbonyl (C=O) groups is 1. The molecule has 1 N–H and O–H groups in total. The summed E-state index contributed by atoms with van der Waals surface area (Å²) in [5.41, 5.74) is 4.10. The van der Waals surface area contributed by atoms with Crippen LogP contribution in [0.4, 0.5) is 0 Å². The predicted molar refractivity (Wildman–Crippen MR) is 126 cm³/mol. The van der Waals surface area contributed by atoms with Crippen LogP contribution in [0.5, 0.6) is 0 Å². The molecule has 0 bridgehead atoms. The lowest BCUT2D eigenvalue weighted by atomic mass is 10.1. The van der Waals surface area contributed by atoms with Crippen LogP contribution in [0, 0.1) is 6.92 Å². The minimum atomic E-state index is -0.0544. The molecule has 0 spiro atoms. The van der Waals surface area contributed by atoms with Gasteiger partial charge >= 0.3 is 0 Å². The average Bonchev–Trinajstić information content (AvgIpc) is 3.22. The van der Waals surface area contributed by atoms with Crippen LogP contribution in [0.1, 0.15) is 11.1 Å².